The summed E-state index contributed by atoms with van der Waals surface area (Å²) in [5.41, 5.74) is 2.99. The number of aryl methyl sites for hydroxylation is 1. The second kappa shape index (κ2) is 6.87. The number of hydrogen-bond donors (Lipinski definition) is 1. The molecule has 2 atom stereocenters. The molecule has 4 rings (SSSR count). The van der Waals surface area contributed by atoms with E-state index in [0.717, 1.165) is 49.2 Å². The molecule has 7 nitrogen and oxygen atoms in total. The molecule has 2 aromatic heterocycles. The Balaban J connectivity index is 1.71. The predicted molar refractivity (Wildman–Crippen MR) is 97.2 cm³/mol. The van der Waals surface area contributed by atoms with Gasteiger partial charge in [-0.2, -0.15) is 0 Å². The summed E-state index contributed by atoms with van der Waals surface area (Å²) in [5, 5.41) is 3.23. The number of aromatic nitrogens is 3. The number of H-pyrrole nitrogens is 1. The minimum atomic E-state index is -0.0425. The number of amides is 1. The van der Waals surface area contributed by atoms with Crippen molar-refractivity contribution in [3.63, 3.8) is 0 Å². The Hall–Kier alpha value is -2.15. The minimum absolute atomic E-state index is 0.0247. The molecule has 140 valence electrons. The molecule has 2 aromatic rings. The van der Waals surface area contributed by atoms with Gasteiger partial charge in [-0.1, -0.05) is 6.92 Å². The standard InChI is InChI=1S/C19H26N4O3/c1-3-14-12(2)20-17-10-15(21-23(17)19(14)25)16-6-4-5-8-22(16)18(24)13-7-9-26-11-13/h10,13,16,21H,3-9,11H2,1-2H3/t13-,16+/m1/s1. The molecular weight excluding hydrogens is 332 g/mol. The van der Waals surface area contributed by atoms with Gasteiger partial charge in [0.25, 0.3) is 5.56 Å². The highest BCUT2D eigenvalue weighted by Gasteiger charge is 2.35. The molecule has 7 heteroatoms. The SMILES string of the molecule is CCc1c(C)nc2cc([C@@H]3CCCCN3C(=O)[C@@H]3CCOC3)[nH]n2c1=O. The highest BCUT2D eigenvalue weighted by atomic mass is 16.5. The van der Waals surface area contributed by atoms with Gasteiger partial charge in [-0.05, 0) is 39.0 Å². The van der Waals surface area contributed by atoms with E-state index >= 15 is 0 Å². The lowest BCUT2D eigenvalue weighted by molar-refractivity contribution is -0.139. The number of likely N-dealkylation sites (tertiary alicyclic amines) is 1. The van der Waals surface area contributed by atoms with Crippen molar-refractivity contribution >= 4 is 11.6 Å². The molecule has 0 aliphatic carbocycles. The predicted octanol–water partition coefficient (Wildman–Crippen LogP) is 1.98. The number of hydrogen-bond acceptors (Lipinski definition) is 4. The topological polar surface area (TPSA) is 79.7 Å². The fourth-order valence-electron chi connectivity index (χ4n) is 4.25. The van der Waals surface area contributed by atoms with Gasteiger partial charge in [0.15, 0.2) is 5.65 Å². The van der Waals surface area contributed by atoms with Crippen molar-refractivity contribution in [2.75, 3.05) is 19.8 Å². The molecule has 2 saturated heterocycles. The number of nitrogens with one attached hydrogen (secondary N) is 1. The summed E-state index contributed by atoms with van der Waals surface area (Å²) < 4.78 is 6.93. The van der Waals surface area contributed by atoms with Crippen LogP contribution >= 0.6 is 0 Å². The molecule has 2 aliphatic heterocycles. The Kier molecular flexibility index (Phi) is 4.56. The first kappa shape index (κ1) is 17.3. The first-order valence-corrected chi connectivity index (χ1v) is 9.59. The number of aromatic amines is 1. The summed E-state index contributed by atoms with van der Waals surface area (Å²) in [6, 6.07) is 1.90. The van der Waals surface area contributed by atoms with E-state index in [1.54, 1.807) is 0 Å². The van der Waals surface area contributed by atoms with Gasteiger partial charge >= 0.3 is 0 Å². The first-order chi connectivity index (χ1) is 12.6. The molecule has 0 radical (unpaired) electrons. The molecule has 2 aliphatic rings. The van der Waals surface area contributed by atoms with E-state index in [1.807, 2.05) is 24.8 Å². The molecule has 0 unspecified atom stereocenters. The monoisotopic (exact) mass is 358 g/mol. The van der Waals surface area contributed by atoms with Gasteiger partial charge in [0.1, 0.15) is 0 Å². The molecule has 0 saturated carbocycles. The van der Waals surface area contributed by atoms with Crippen LogP contribution in [0.1, 0.15) is 55.6 Å². The maximum atomic E-state index is 13.0. The van der Waals surface area contributed by atoms with E-state index in [1.165, 1.54) is 4.52 Å². The molecule has 1 N–H and O–H groups in total. The second-order valence-corrected chi connectivity index (χ2v) is 7.34. The quantitative estimate of drug-likeness (QED) is 0.910. The van der Waals surface area contributed by atoms with E-state index in [0.29, 0.717) is 25.3 Å². The highest BCUT2D eigenvalue weighted by Crippen LogP contribution is 2.32. The Morgan fingerprint density at radius 3 is 2.96 bits per heavy atom. The van der Waals surface area contributed by atoms with Gasteiger partial charge < -0.3 is 9.64 Å². The molecule has 26 heavy (non-hydrogen) atoms. The van der Waals surface area contributed by atoms with Crippen LogP contribution < -0.4 is 5.56 Å². The average Bonchev–Trinajstić information content (AvgIpc) is 3.31. The van der Waals surface area contributed by atoms with Crippen LogP contribution in [0.4, 0.5) is 0 Å². The minimum Gasteiger partial charge on any atom is -0.381 e. The number of ether oxygens (including phenoxy) is 1. The van der Waals surface area contributed by atoms with Crippen molar-refractivity contribution in [1.29, 1.82) is 0 Å². The van der Waals surface area contributed by atoms with Gasteiger partial charge in [0.2, 0.25) is 5.91 Å². The van der Waals surface area contributed by atoms with E-state index in [2.05, 4.69) is 10.1 Å². The van der Waals surface area contributed by atoms with Crippen molar-refractivity contribution in [3.05, 3.63) is 33.4 Å². The van der Waals surface area contributed by atoms with Crippen LogP contribution in [0.3, 0.4) is 0 Å². The van der Waals surface area contributed by atoms with Crippen molar-refractivity contribution in [1.82, 2.24) is 19.5 Å². The lowest BCUT2D eigenvalue weighted by Crippen LogP contribution is -2.42. The third-order valence-corrected chi connectivity index (χ3v) is 5.71. The second-order valence-electron chi connectivity index (χ2n) is 7.34. The summed E-state index contributed by atoms with van der Waals surface area (Å²) in [6.07, 6.45) is 4.46. The van der Waals surface area contributed by atoms with E-state index in [-0.39, 0.29) is 23.4 Å². The molecule has 0 spiro atoms. The zero-order chi connectivity index (χ0) is 18.3. The molecule has 0 aromatic carbocycles. The lowest BCUT2D eigenvalue weighted by Gasteiger charge is -2.36. The molecule has 1 amide bonds. The van der Waals surface area contributed by atoms with Crippen molar-refractivity contribution in [3.8, 4) is 0 Å². The van der Waals surface area contributed by atoms with Gasteiger partial charge in [-0.15, -0.1) is 0 Å². The van der Waals surface area contributed by atoms with Gasteiger partial charge in [-0.3, -0.25) is 14.7 Å². The van der Waals surface area contributed by atoms with Crippen LogP contribution in [0, 0.1) is 12.8 Å². The summed E-state index contributed by atoms with van der Waals surface area (Å²) in [5.74, 6) is 0.145. The Morgan fingerprint density at radius 1 is 1.38 bits per heavy atom. The average molecular weight is 358 g/mol. The fourth-order valence-corrected chi connectivity index (χ4v) is 4.25. The number of nitrogens with zero attached hydrogens (tertiary/aromatic N) is 3. The Bertz CT molecular complexity index is 879. The summed E-state index contributed by atoms with van der Waals surface area (Å²) >= 11 is 0. The third-order valence-electron chi connectivity index (χ3n) is 5.71. The van der Waals surface area contributed by atoms with Crippen LogP contribution in [-0.2, 0) is 16.0 Å². The normalized spacial score (nSPS) is 23.7. The van der Waals surface area contributed by atoms with E-state index in [4.69, 9.17) is 4.74 Å². The van der Waals surface area contributed by atoms with Crippen LogP contribution in [0.2, 0.25) is 0 Å². The van der Waals surface area contributed by atoms with Crippen LogP contribution in [0.25, 0.3) is 5.65 Å². The Labute approximate surface area is 152 Å². The van der Waals surface area contributed by atoms with E-state index < -0.39 is 0 Å². The number of rotatable bonds is 3. The summed E-state index contributed by atoms with van der Waals surface area (Å²) in [4.78, 5) is 32.2. The van der Waals surface area contributed by atoms with E-state index in [9.17, 15) is 9.59 Å². The zero-order valence-electron chi connectivity index (χ0n) is 15.5. The van der Waals surface area contributed by atoms with Gasteiger partial charge in [-0.25, -0.2) is 9.50 Å². The third kappa shape index (κ3) is 2.84. The smallest absolute Gasteiger partial charge is 0.276 e. The number of carbonyl (C=O) groups excluding carboxylic acids is 1. The first-order valence-electron chi connectivity index (χ1n) is 9.59. The van der Waals surface area contributed by atoms with Crippen LogP contribution in [-0.4, -0.2) is 45.2 Å². The molecule has 4 heterocycles. The Morgan fingerprint density at radius 2 is 2.23 bits per heavy atom. The van der Waals surface area contributed by atoms with Crippen molar-refractivity contribution in [2.45, 2.75) is 52.0 Å². The van der Waals surface area contributed by atoms with Crippen molar-refractivity contribution < 1.29 is 9.53 Å². The number of carbonyl (C=O) groups is 1. The molecule has 0 bridgehead atoms. The number of piperidine rings is 1. The largest absolute Gasteiger partial charge is 0.381 e. The van der Waals surface area contributed by atoms with Crippen molar-refractivity contribution in [2.24, 2.45) is 5.92 Å². The van der Waals surface area contributed by atoms with Gasteiger partial charge in [0.05, 0.1) is 24.3 Å². The van der Waals surface area contributed by atoms with Crippen LogP contribution in [0.5, 0.6) is 0 Å². The maximum Gasteiger partial charge on any atom is 0.276 e. The summed E-state index contributed by atoms with van der Waals surface area (Å²) in [7, 11) is 0. The molecule has 2 fully saturated rings. The number of fused-ring (bicyclic) bond motifs is 1. The summed E-state index contributed by atoms with van der Waals surface area (Å²) in [6.45, 7) is 5.79. The molecular formula is C19H26N4O3. The van der Waals surface area contributed by atoms with Crippen LogP contribution in [0.15, 0.2) is 10.9 Å². The zero-order valence-corrected chi connectivity index (χ0v) is 15.5. The van der Waals surface area contributed by atoms with Gasteiger partial charge in [0, 0.05) is 30.5 Å². The lowest BCUT2D eigenvalue weighted by atomic mass is 9.96. The maximum absolute atomic E-state index is 13.0. The highest BCUT2D eigenvalue weighted by molar-refractivity contribution is 5.79. The fraction of sp³-hybridized carbons (Fsp3) is 0.632.